The molecule has 1 fully saturated rings. The van der Waals surface area contributed by atoms with Crippen molar-refractivity contribution in [3.8, 4) is 0 Å². The summed E-state index contributed by atoms with van der Waals surface area (Å²) in [6, 6.07) is 11.6. The highest BCUT2D eigenvalue weighted by Crippen LogP contribution is 2.22. The molecule has 2 aromatic rings. The smallest absolute Gasteiger partial charge is 0.408 e. The highest BCUT2D eigenvalue weighted by Gasteiger charge is 2.40. The van der Waals surface area contributed by atoms with E-state index in [1.165, 1.54) is 16.7 Å². The Labute approximate surface area is 352 Å². The van der Waals surface area contributed by atoms with Gasteiger partial charge in [0.05, 0.1) is 13.0 Å². The lowest BCUT2D eigenvalue weighted by Gasteiger charge is -2.31. The molecule has 20 heteroatoms. The molecular weight excluding hydrogens is 799 g/mol. The average molecular weight is 854 g/mol. The Balaban J connectivity index is 1.82. The van der Waals surface area contributed by atoms with Gasteiger partial charge in [0.1, 0.15) is 36.8 Å². The van der Waals surface area contributed by atoms with Crippen LogP contribution < -0.4 is 43.8 Å². The number of thioether (sulfide) groups is 1. The number of hydrogen-bond acceptors (Lipinski definition) is 11. The van der Waals surface area contributed by atoms with E-state index in [4.69, 9.17) is 21.9 Å². The van der Waals surface area contributed by atoms with Gasteiger partial charge in [-0.05, 0) is 42.7 Å². The van der Waals surface area contributed by atoms with Crippen molar-refractivity contribution in [2.45, 2.75) is 94.9 Å². The summed E-state index contributed by atoms with van der Waals surface area (Å²) in [6.45, 7) is 3.27. The van der Waals surface area contributed by atoms with Crippen molar-refractivity contribution < 1.29 is 47.9 Å². The number of carbonyl (C=O) groups is 9. The zero-order chi connectivity index (χ0) is 44.2. The van der Waals surface area contributed by atoms with Crippen LogP contribution >= 0.6 is 11.8 Å². The summed E-state index contributed by atoms with van der Waals surface area (Å²) >= 11 is 1.31. The number of nitrogens with zero attached hydrogens (tertiary/aromatic N) is 1. The minimum Gasteiger partial charge on any atom is -0.445 e. The second-order valence-electron chi connectivity index (χ2n) is 14.6. The van der Waals surface area contributed by atoms with Gasteiger partial charge in [-0.2, -0.15) is 11.8 Å². The standard InChI is InChI=1S/C40H55N9O10S/c1-24(2)18-28(35(53)44-20-34(43)52)46-38(56)31-14-9-17-49(31)39(57)30(23-60-22-26-12-7-4-8-13-26)47-37(55)29(19-33(42)51)45-36(54)27(15-16-32(41)50)48-40(58)59-21-25-10-5-3-6-11-25/h3-8,10-13,24,27-31H,9,14-23H2,1-2H3,(H2,41,50)(H2,42,51)(H2,43,52)(H,44,53)(H,45,54)(H,46,56)(H,47,55)(H,48,58)/t27-,28-,29-,30-,31-/m0/s1. The minimum absolute atomic E-state index is 0.00306. The van der Waals surface area contributed by atoms with Crippen molar-refractivity contribution in [1.82, 2.24) is 31.5 Å². The highest BCUT2D eigenvalue weighted by molar-refractivity contribution is 7.98. The van der Waals surface area contributed by atoms with E-state index >= 15 is 0 Å². The van der Waals surface area contributed by atoms with Gasteiger partial charge in [0.15, 0.2) is 0 Å². The van der Waals surface area contributed by atoms with E-state index in [0.717, 1.165) is 5.56 Å². The van der Waals surface area contributed by atoms with Crippen molar-refractivity contribution in [2.75, 3.05) is 18.8 Å². The Bertz CT molecular complexity index is 1820. The third kappa shape index (κ3) is 17.0. The summed E-state index contributed by atoms with van der Waals surface area (Å²) in [4.78, 5) is 118. The van der Waals surface area contributed by atoms with Gasteiger partial charge in [-0.1, -0.05) is 74.5 Å². The Morgan fingerprint density at radius 1 is 0.733 bits per heavy atom. The maximum absolute atomic E-state index is 14.3. The van der Waals surface area contributed by atoms with Crippen molar-refractivity contribution in [3.63, 3.8) is 0 Å². The van der Waals surface area contributed by atoms with E-state index in [1.54, 1.807) is 30.3 Å². The molecule has 19 nitrogen and oxygen atoms in total. The van der Waals surface area contributed by atoms with Crippen LogP contribution in [0.2, 0.25) is 0 Å². The van der Waals surface area contributed by atoms with Gasteiger partial charge in [-0.3, -0.25) is 38.4 Å². The van der Waals surface area contributed by atoms with Crippen LogP contribution in [0.1, 0.15) is 63.5 Å². The molecule has 5 atom stereocenters. The number of benzene rings is 2. The number of alkyl carbamates (subject to hydrolysis) is 1. The van der Waals surface area contributed by atoms with Gasteiger partial charge in [0.25, 0.3) is 0 Å². The van der Waals surface area contributed by atoms with E-state index < -0.39 is 96.5 Å². The zero-order valence-corrected chi connectivity index (χ0v) is 34.5. The maximum Gasteiger partial charge on any atom is 0.408 e. The van der Waals surface area contributed by atoms with Gasteiger partial charge < -0.3 is 53.4 Å². The summed E-state index contributed by atoms with van der Waals surface area (Å²) in [5.41, 5.74) is 17.5. The zero-order valence-electron chi connectivity index (χ0n) is 33.7. The molecule has 3 rings (SSSR count). The number of nitrogens with two attached hydrogens (primary N) is 3. The number of ether oxygens (including phenoxy) is 1. The van der Waals surface area contributed by atoms with Crippen LogP contribution in [-0.2, 0) is 55.5 Å². The third-order valence-corrected chi connectivity index (χ3v) is 10.3. The first-order chi connectivity index (χ1) is 28.5. The lowest BCUT2D eigenvalue weighted by atomic mass is 10.0. The van der Waals surface area contributed by atoms with Gasteiger partial charge in [-0.15, -0.1) is 0 Å². The number of hydrogen-bond donors (Lipinski definition) is 8. The topological polar surface area (TPSA) is 304 Å². The summed E-state index contributed by atoms with van der Waals surface area (Å²) in [5.74, 6) is -5.91. The molecule has 326 valence electrons. The molecule has 0 saturated carbocycles. The number of rotatable bonds is 24. The predicted molar refractivity (Wildman–Crippen MR) is 221 cm³/mol. The predicted octanol–water partition coefficient (Wildman–Crippen LogP) is -0.551. The van der Waals surface area contributed by atoms with Crippen molar-refractivity contribution in [1.29, 1.82) is 0 Å². The monoisotopic (exact) mass is 853 g/mol. The fourth-order valence-corrected chi connectivity index (χ4v) is 7.24. The molecule has 0 bridgehead atoms. The molecule has 1 aliphatic rings. The number of primary amides is 3. The molecule has 0 aliphatic carbocycles. The molecule has 2 aromatic carbocycles. The van der Waals surface area contributed by atoms with Gasteiger partial charge in [-0.25, -0.2) is 4.79 Å². The van der Waals surface area contributed by atoms with E-state index in [9.17, 15) is 43.2 Å². The number of likely N-dealkylation sites (tertiary alicyclic amines) is 1. The van der Waals surface area contributed by atoms with Crippen molar-refractivity contribution in [3.05, 3.63) is 71.8 Å². The van der Waals surface area contributed by atoms with E-state index in [1.807, 2.05) is 44.2 Å². The molecular formula is C40H55N9O10S. The van der Waals surface area contributed by atoms with Crippen molar-refractivity contribution in [2.24, 2.45) is 23.1 Å². The molecule has 1 aliphatic heterocycles. The van der Waals surface area contributed by atoms with Crippen LogP contribution in [-0.4, -0.2) is 107 Å². The van der Waals surface area contributed by atoms with Gasteiger partial charge in [0.2, 0.25) is 47.3 Å². The molecule has 0 aromatic heterocycles. The van der Waals surface area contributed by atoms with Crippen LogP contribution in [0.5, 0.6) is 0 Å². The normalized spacial score (nSPS) is 15.4. The van der Waals surface area contributed by atoms with E-state index in [0.29, 0.717) is 17.7 Å². The molecule has 11 N–H and O–H groups in total. The molecule has 60 heavy (non-hydrogen) atoms. The minimum atomic E-state index is -1.64. The highest BCUT2D eigenvalue weighted by atomic mass is 32.2. The van der Waals surface area contributed by atoms with E-state index in [-0.39, 0.29) is 50.5 Å². The number of amides is 9. The molecule has 0 spiro atoms. The molecule has 9 amide bonds. The quantitative estimate of drug-likeness (QED) is 0.0663. The Kier molecular flexibility index (Phi) is 19.8. The lowest BCUT2D eigenvalue weighted by Crippen LogP contribution is -2.60. The molecule has 0 unspecified atom stereocenters. The molecule has 0 radical (unpaired) electrons. The maximum atomic E-state index is 14.3. The summed E-state index contributed by atoms with van der Waals surface area (Å²) < 4.78 is 5.21. The second-order valence-corrected chi connectivity index (χ2v) is 15.7. The summed E-state index contributed by atoms with van der Waals surface area (Å²) in [7, 11) is 0. The molecule has 1 heterocycles. The number of carbonyl (C=O) groups excluding carboxylic acids is 9. The fourth-order valence-electron chi connectivity index (χ4n) is 6.23. The van der Waals surface area contributed by atoms with Crippen molar-refractivity contribution >= 4 is 65.1 Å². The van der Waals surface area contributed by atoms with E-state index in [2.05, 4.69) is 26.6 Å². The number of nitrogens with one attached hydrogen (secondary N) is 5. The molecule has 1 saturated heterocycles. The van der Waals surface area contributed by atoms with Crippen LogP contribution in [0, 0.1) is 5.92 Å². The first-order valence-corrected chi connectivity index (χ1v) is 20.6. The largest absolute Gasteiger partial charge is 0.445 e. The Morgan fingerprint density at radius 2 is 1.35 bits per heavy atom. The summed E-state index contributed by atoms with van der Waals surface area (Å²) in [6.07, 6.45) is -1.43. The van der Waals surface area contributed by atoms with Crippen LogP contribution in [0.3, 0.4) is 0 Å². The summed E-state index contributed by atoms with van der Waals surface area (Å²) in [5, 5.41) is 12.5. The SMILES string of the molecule is CC(C)C[C@H](NC(=O)[C@@H]1CCCN1C(=O)[C@H](CSCc1ccccc1)NC(=O)[C@H](CC(N)=O)NC(=O)[C@H](CCC(N)=O)NC(=O)OCc1ccccc1)C(=O)NCC(N)=O. The first-order valence-electron chi connectivity index (χ1n) is 19.5. The van der Waals surface area contributed by atoms with Gasteiger partial charge in [0, 0.05) is 24.5 Å². The Hall–Kier alpha value is -6.18. The second kappa shape index (κ2) is 24.7. The third-order valence-electron chi connectivity index (χ3n) is 9.17. The fraction of sp³-hybridized carbons (Fsp3) is 0.475. The first kappa shape index (κ1) is 48.2. The van der Waals surface area contributed by atoms with Crippen LogP contribution in [0.4, 0.5) is 4.79 Å². The van der Waals surface area contributed by atoms with Gasteiger partial charge >= 0.3 is 6.09 Å². The average Bonchev–Trinajstić information content (AvgIpc) is 3.70. The van der Waals surface area contributed by atoms with Crippen LogP contribution in [0.15, 0.2) is 60.7 Å². The van der Waals surface area contributed by atoms with Crippen LogP contribution in [0.25, 0.3) is 0 Å². The lowest BCUT2D eigenvalue weighted by molar-refractivity contribution is -0.142. The Morgan fingerprint density at radius 3 is 1.95 bits per heavy atom.